The van der Waals surface area contributed by atoms with Gasteiger partial charge in [0.25, 0.3) is 0 Å². The van der Waals surface area contributed by atoms with Crippen LogP contribution in [-0.4, -0.2) is 27.6 Å². The van der Waals surface area contributed by atoms with E-state index in [1.165, 1.54) is 23.1 Å². The molecule has 2 aliphatic rings. The second-order valence-corrected chi connectivity index (χ2v) is 12.4. The lowest BCUT2D eigenvalue weighted by atomic mass is 9.75. The van der Waals surface area contributed by atoms with Crippen molar-refractivity contribution in [3.05, 3.63) is 85.8 Å². The fourth-order valence-corrected chi connectivity index (χ4v) is 7.34. The molecule has 40 heavy (non-hydrogen) atoms. The van der Waals surface area contributed by atoms with E-state index in [1.54, 1.807) is 23.1 Å². The van der Waals surface area contributed by atoms with Crippen LogP contribution in [0.5, 0.6) is 0 Å². The molecule has 0 spiro atoms. The van der Waals surface area contributed by atoms with Crippen molar-refractivity contribution >= 4 is 68.8 Å². The van der Waals surface area contributed by atoms with Crippen LogP contribution in [0.25, 0.3) is 0 Å². The van der Waals surface area contributed by atoms with Crippen LogP contribution in [0.15, 0.2) is 63.4 Å². The molecule has 1 amide bonds. The SMILES string of the molecule is Cc1cccc(C)c1NC(=O)CSc1nnc(N2C(N)=C(C#N)C(c3c(Cl)cccc3Cl)C3=C2CCCC3=O)s1. The number of amides is 1. The molecule has 3 aromatic rings. The molecule has 0 saturated carbocycles. The number of carbonyl (C=O) groups excluding carboxylic acids is 2. The Labute approximate surface area is 249 Å². The van der Waals surface area contributed by atoms with Crippen LogP contribution in [0.3, 0.4) is 0 Å². The number of hydrogen-bond donors (Lipinski definition) is 2. The fourth-order valence-electron chi connectivity index (χ4n) is 5.05. The van der Waals surface area contributed by atoms with E-state index in [1.807, 2.05) is 32.0 Å². The number of allylic oxidation sites excluding steroid dienone is 3. The molecular weight excluding hydrogens is 587 g/mol. The van der Waals surface area contributed by atoms with Gasteiger partial charge in [-0.15, -0.1) is 10.2 Å². The number of anilines is 2. The van der Waals surface area contributed by atoms with Gasteiger partial charge in [0.15, 0.2) is 10.1 Å². The molecule has 2 aromatic carbocycles. The van der Waals surface area contributed by atoms with Crippen molar-refractivity contribution < 1.29 is 9.59 Å². The van der Waals surface area contributed by atoms with Gasteiger partial charge in [0.2, 0.25) is 11.0 Å². The van der Waals surface area contributed by atoms with Crippen LogP contribution in [0, 0.1) is 25.2 Å². The molecule has 204 valence electrons. The minimum Gasteiger partial charge on any atom is -0.384 e. The number of thioether (sulfide) groups is 1. The number of para-hydroxylation sites is 1. The number of nitrogens with two attached hydrogens (primary N) is 1. The van der Waals surface area contributed by atoms with Crippen molar-refractivity contribution in [2.75, 3.05) is 16.0 Å². The minimum atomic E-state index is -0.777. The van der Waals surface area contributed by atoms with E-state index in [0.29, 0.717) is 55.6 Å². The first-order chi connectivity index (χ1) is 19.2. The summed E-state index contributed by atoms with van der Waals surface area (Å²) in [5.74, 6) is -0.741. The molecule has 12 heteroatoms. The molecule has 1 atom stereocenters. The van der Waals surface area contributed by atoms with Crippen LogP contribution < -0.4 is 16.0 Å². The summed E-state index contributed by atoms with van der Waals surface area (Å²) in [4.78, 5) is 27.6. The highest BCUT2D eigenvalue weighted by Gasteiger charge is 2.42. The Morgan fingerprint density at radius 2 is 1.85 bits per heavy atom. The summed E-state index contributed by atoms with van der Waals surface area (Å²) in [7, 11) is 0. The summed E-state index contributed by atoms with van der Waals surface area (Å²) in [5.41, 5.74) is 11.1. The lowest BCUT2D eigenvalue weighted by molar-refractivity contribution is -0.116. The van der Waals surface area contributed by atoms with Crippen LogP contribution >= 0.6 is 46.3 Å². The number of nitrogens with one attached hydrogen (secondary N) is 1. The van der Waals surface area contributed by atoms with Gasteiger partial charge in [-0.1, -0.05) is 70.6 Å². The number of Topliss-reactive ketones (excluding diaryl/α,β-unsaturated/α-hetero) is 1. The topological polar surface area (TPSA) is 125 Å². The Balaban J connectivity index is 1.45. The van der Waals surface area contributed by atoms with Gasteiger partial charge in [-0.2, -0.15) is 5.26 Å². The maximum Gasteiger partial charge on any atom is 0.234 e. The largest absolute Gasteiger partial charge is 0.384 e. The van der Waals surface area contributed by atoms with Crippen molar-refractivity contribution in [1.82, 2.24) is 10.2 Å². The van der Waals surface area contributed by atoms with Crippen molar-refractivity contribution in [2.45, 2.75) is 43.4 Å². The Hall–Kier alpha value is -3.36. The number of carbonyl (C=O) groups is 2. The molecule has 3 N–H and O–H groups in total. The minimum absolute atomic E-state index is 0.0882. The lowest BCUT2D eigenvalue weighted by Gasteiger charge is -2.38. The second-order valence-electron chi connectivity index (χ2n) is 9.41. The van der Waals surface area contributed by atoms with Gasteiger partial charge in [0.1, 0.15) is 5.82 Å². The highest BCUT2D eigenvalue weighted by molar-refractivity contribution is 8.01. The summed E-state index contributed by atoms with van der Waals surface area (Å²) in [6, 6.07) is 13.1. The normalized spacial score (nSPS) is 17.1. The number of ketones is 1. The van der Waals surface area contributed by atoms with E-state index < -0.39 is 5.92 Å². The first-order valence-electron chi connectivity index (χ1n) is 12.4. The Morgan fingerprint density at radius 3 is 2.52 bits per heavy atom. The van der Waals surface area contributed by atoms with Gasteiger partial charge in [-0.25, -0.2) is 0 Å². The highest BCUT2D eigenvalue weighted by atomic mass is 35.5. The van der Waals surface area contributed by atoms with Crippen molar-refractivity contribution in [1.29, 1.82) is 5.26 Å². The highest BCUT2D eigenvalue weighted by Crippen LogP contribution is 2.49. The van der Waals surface area contributed by atoms with E-state index in [0.717, 1.165) is 16.8 Å². The summed E-state index contributed by atoms with van der Waals surface area (Å²) in [5, 5.41) is 22.9. The summed E-state index contributed by atoms with van der Waals surface area (Å²) >= 11 is 15.6. The number of halogens is 2. The number of hydrogen-bond acceptors (Lipinski definition) is 9. The molecule has 2 heterocycles. The molecule has 1 unspecified atom stereocenters. The predicted molar refractivity (Wildman–Crippen MR) is 160 cm³/mol. The Bertz CT molecular complexity index is 1600. The van der Waals surface area contributed by atoms with Gasteiger partial charge in [0.05, 0.1) is 23.3 Å². The quantitative estimate of drug-likeness (QED) is 0.303. The first kappa shape index (κ1) is 28.2. The van der Waals surface area contributed by atoms with Crippen LogP contribution in [-0.2, 0) is 9.59 Å². The van der Waals surface area contributed by atoms with Gasteiger partial charge < -0.3 is 11.1 Å². The number of aryl methyl sites for hydroxylation is 2. The third kappa shape index (κ3) is 5.22. The van der Waals surface area contributed by atoms with Gasteiger partial charge in [-0.05, 0) is 49.9 Å². The van der Waals surface area contributed by atoms with Gasteiger partial charge >= 0.3 is 0 Å². The molecule has 5 rings (SSSR count). The van der Waals surface area contributed by atoms with Crippen molar-refractivity contribution in [3.8, 4) is 6.07 Å². The zero-order chi connectivity index (χ0) is 28.6. The molecule has 1 aromatic heterocycles. The van der Waals surface area contributed by atoms with Crippen molar-refractivity contribution in [2.24, 2.45) is 5.73 Å². The summed E-state index contributed by atoms with van der Waals surface area (Å²) in [6.07, 6.45) is 1.53. The smallest absolute Gasteiger partial charge is 0.234 e. The van der Waals surface area contributed by atoms with Gasteiger partial charge in [-0.3, -0.25) is 14.5 Å². The van der Waals surface area contributed by atoms with E-state index in [9.17, 15) is 14.9 Å². The molecule has 0 bridgehead atoms. The standard InChI is InChI=1S/C28H24Cl2N6O2S2/c1-14-6-3-7-15(2)25(14)33-21(38)13-39-28-35-34-27(40-28)36-19-10-5-11-20(37)24(19)22(16(12-31)26(36)32)23-17(29)8-4-9-18(23)30/h3-4,6-9,22H,5,10-11,13,32H2,1-2H3,(H,33,38). The zero-order valence-electron chi connectivity index (χ0n) is 21.6. The molecule has 1 aliphatic heterocycles. The number of rotatable bonds is 6. The maximum atomic E-state index is 13.3. The number of aromatic nitrogens is 2. The zero-order valence-corrected chi connectivity index (χ0v) is 24.8. The molecule has 8 nitrogen and oxygen atoms in total. The third-order valence-electron chi connectivity index (χ3n) is 6.86. The number of benzene rings is 2. The molecule has 0 saturated heterocycles. The van der Waals surface area contributed by atoms with Crippen LogP contribution in [0.1, 0.15) is 41.9 Å². The van der Waals surface area contributed by atoms with E-state index in [4.69, 9.17) is 28.9 Å². The summed E-state index contributed by atoms with van der Waals surface area (Å²) < 4.78 is 0.554. The van der Waals surface area contributed by atoms with Crippen LogP contribution in [0.4, 0.5) is 10.8 Å². The fraction of sp³-hybridized carbons (Fsp3) is 0.250. The maximum absolute atomic E-state index is 13.3. The Morgan fingerprint density at radius 1 is 1.18 bits per heavy atom. The second kappa shape index (κ2) is 11.6. The number of nitrogens with zero attached hydrogens (tertiary/aromatic N) is 4. The third-order valence-corrected chi connectivity index (χ3v) is 9.56. The van der Waals surface area contributed by atoms with Crippen LogP contribution in [0.2, 0.25) is 10.0 Å². The average Bonchev–Trinajstić information content (AvgIpc) is 3.38. The predicted octanol–water partition coefficient (Wildman–Crippen LogP) is 6.50. The Kier molecular flexibility index (Phi) is 8.19. The van der Waals surface area contributed by atoms with E-state index >= 15 is 0 Å². The van der Waals surface area contributed by atoms with Crippen molar-refractivity contribution in [3.63, 3.8) is 0 Å². The van der Waals surface area contributed by atoms with E-state index in [2.05, 4.69) is 21.6 Å². The molecule has 0 radical (unpaired) electrons. The monoisotopic (exact) mass is 610 g/mol. The molecule has 0 fully saturated rings. The molecule has 1 aliphatic carbocycles. The molecular formula is C28H24Cl2N6O2S2. The lowest BCUT2D eigenvalue weighted by Crippen LogP contribution is -2.38. The number of nitriles is 1. The summed E-state index contributed by atoms with van der Waals surface area (Å²) in [6.45, 7) is 3.89. The van der Waals surface area contributed by atoms with Gasteiger partial charge in [0, 0.05) is 39.0 Å². The van der Waals surface area contributed by atoms with E-state index in [-0.39, 0.29) is 28.8 Å². The average molecular weight is 612 g/mol. The first-order valence-corrected chi connectivity index (χ1v) is 15.0.